The number of aliphatic hydroxyl groups is 1. The summed E-state index contributed by atoms with van der Waals surface area (Å²) in [7, 11) is 1.31. The molecule has 7 heteroatoms. The molecule has 0 radical (unpaired) electrons. The van der Waals surface area contributed by atoms with E-state index >= 15 is 0 Å². The summed E-state index contributed by atoms with van der Waals surface area (Å²) < 4.78 is 4.14. The number of carboxylic acids is 2. The van der Waals surface area contributed by atoms with Crippen LogP contribution in [-0.4, -0.2) is 46.9 Å². The van der Waals surface area contributed by atoms with Crippen LogP contribution in [0.15, 0.2) is 36.5 Å². The highest BCUT2D eigenvalue weighted by Crippen LogP contribution is 2.37. The Hall–Kier alpha value is -2.41. The van der Waals surface area contributed by atoms with Gasteiger partial charge in [0.2, 0.25) is 0 Å². The minimum atomic E-state index is -1.53. The second-order valence-corrected chi connectivity index (χ2v) is 4.24. The number of methoxy groups -OCH3 is 1. The van der Waals surface area contributed by atoms with E-state index in [1.165, 1.54) is 32.3 Å². The lowest BCUT2D eigenvalue weighted by Crippen LogP contribution is -2.42. The Morgan fingerprint density at radius 1 is 1.43 bits per heavy atom. The van der Waals surface area contributed by atoms with Gasteiger partial charge in [0.1, 0.15) is 5.41 Å². The fourth-order valence-corrected chi connectivity index (χ4v) is 1.74. The first kappa shape index (κ1) is 18.6. The smallest absolute Gasteiger partial charge is 0.331 e. The summed E-state index contributed by atoms with van der Waals surface area (Å²) in [6.07, 6.45) is 5.14. The van der Waals surface area contributed by atoms with Crippen molar-refractivity contribution in [2.45, 2.75) is 6.92 Å². The average Bonchev–Trinajstić information content (AvgIpc) is 2.46. The Morgan fingerprint density at radius 3 is 2.29 bits per heavy atom. The van der Waals surface area contributed by atoms with E-state index in [4.69, 9.17) is 15.3 Å². The first-order valence-electron chi connectivity index (χ1n) is 5.94. The summed E-state index contributed by atoms with van der Waals surface area (Å²) in [4.78, 5) is 31.7. The van der Waals surface area contributed by atoms with E-state index in [1.54, 1.807) is 0 Å². The van der Waals surface area contributed by atoms with Crippen LogP contribution in [-0.2, 0) is 19.1 Å². The molecule has 0 aromatic carbocycles. The van der Waals surface area contributed by atoms with Gasteiger partial charge in [-0.3, -0.25) is 4.79 Å². The van der Waals surface area contributed by atoms with Gasteiger partial charge >= 0.3 is 17.9 Å². The Kier molecular flexibility index (Phi) is 7.09. The predicted octanol–water partition coefficient (Wildman–Crippen LogP) is 0.612. The van der Waals surface area contributed by atoms with Gasteiger partial charge in [-0.05, 0) is 0 Å². The maximum atomic E-state index is 11.1. The van der Waals surface area contributed by atoms with Gasteiger partial charge in [0.25, 0.3) is 0 Å². The van der Waals surface area contributed by atoms with Crippen LogP contribution >= 0.6 is 0 Å². The van der Waals surface area contributed by atoms with E-state index in [0.29, 0.717) is 0 Å². The van der Waals surface area contributed by atoms with Crippen molar-refractivity contribution in [3.63, 3.8) is 0 Å². The lowest BCUT2D eigenvalue weighted by atomic mass is 9.70. The highest BCUT2D eigenvalue weighted by Gasteiger charge is 2.45. The minimum Gasteiger partial charge on any atom is -0.481 e. The molecule has 0 amide bonds. The Morgan fingerprint density at radius 2 is 2.00 bits per heavy atom. The number of carbonyl (C=O) groups is 3. The molecule has 21 heavy (non-hydrogen) atoms. The number of aliphatic carboxylic acids is 2. The van der Waals surface area contributed by atoms with Crippen LogP contribution < -0.4 is 0 Å². The largest absolute Gasteiger partial charge is 0.481 e. The number of aliphatic hydroxyl groups excluding tert-OH is 1. The lowest BCUT2D eigenvalue weighted by molar-refractivity contribution is -0.151. The van der Waals surface area contributed by atoms with Crippen LogP contribution in [0.4, 0.5) is 0 Å². The first-order chi connectivity index (χ1) is 9.76. The van der Waals surface area contributed by atoms with Gasteiger partial charge in [0.05, 0.1) is 13.7 Å². The molecule has 0 aromatic heterocycles. The zero-order valence-electron chi connectivity index (χ0n) is 11.8. The van der Waals surface area contributed by atoms with Crippen LogP contribution in [0.2, 0.25) is 0 Å². The Bertz CT molecular complexity index is 490. The summed E-state index contributed by atoms with van der Waals surface area (Å²) in [5, 5.41) is 27.0. The number of ether oxygens (including phenoxy) is 1. The van der Waals surface area contributed by atoms with Crippen molar-refractivity contribution in [2.24, 2.45) is 11.3 Å². The fourth-order valence-electron chi connectivity index (χ4n) is 1.74. The average molecular weight is 298 g/mol. The van der Waals surface area contributed by atoms with Crippen molar-refractivity contribution < 1.29 is 34.4 Å². The molecule has 0 aromatic rings. The van der Waals surface area contributed by atoms with E-state index in [9.17, 15) is 14.4 Å². The summed E-state index contributed by atoms with van der Waals surface area (Å²) in [5.41, 5.74) is -1.53. The van der Waals surface area contributed by atoms with Gasteiger partial charge in [-0.25, -0.2) is 9.59 Å². The quantitative estimate of drug-likeness (QED) is 0.513. The molecule has 1 rings (SSSR count). The molecule has 0 aliphatic heterocycles. The van der Waals surface area contributed by atoms with E-state index in [-0.39, 0.29) is 5.57 Å². The third-order valence-electron chi connectivity index (χ3n) is 3.18. The van der Waals surface area contributed by atoms with Gasteiger partial charge in [-0.1, -0.05) is 31.7 Å². The maximum absolute atomic E-state index is 11.1. The monoisotopic (exact) mass is 298 g/mol. The van der Waals surface area contributed by atoms with Crippen LogP contribution in [0.25, 0.3) is 0 Å². The zero-order valence-corrected chi connectivity index (χ0v) is 11.8. The number of hydrogen-bond acceptors (Lipinski definition) is 5. The maximum Gasteiger partial charge on any atom is 0.331 e. The molecule has 1 aliphatic rings. The highest BCUT2D eigenvalue weighted by molar-refractivity contribution is 5.91. The van der Waals surface area contributed by atoms with Crippen LogP contribution in [0, 0.1) is 11.3 Å². The molecule has 2 atom stereocenters. The summed E-state index contributed by atoms with van der Waals surface area (Å²) in [6.45, 7) is 4.02. The fraction of sp³-hybridized carbons (Fsp3) is 0.357. The lowest BCUT2D eigenvalue weighted by Gasteiger charge is -2.32. The minimum absolute atomic E-state index is 0.00560. The van der Waals surface area contributed by atoms with E-state index in [0.717, 1.165) is 6.08 Å². The molecule has 1 aliphatic carbocycles. The second kappa shape index (κ2) is 8.01. The van der Waals surface area contributed by atoms with Crippen LogP contribution in [0.1, 0.15) is 6.92 Å². The van der Waals surface area contributed by atoms with Crippen molar-refractivity contribution in [2.75, 3.05) is 13.7 Å². The van der Waals surface area contributed by atoms with Crippen molar-refractivity contribution in [3.8, 4) is 0 Å². The molecule has 2 unspecified atom stereocenters. The van der Waals surface area contributed by atoms with Crippen molar-refractivity contribution in [3.05, 3.63) is 36.5 Å². The SMILES string of the molecule is C=CC(=O)OC.CC1C(C(=O)O)=CC=CC1(CO)C(=O)O. The van der Waals surface area contributed by atoms with E-state index < -0.39 is 35.8 Å². The normalized spacial score (nSPS) is 23.2. The zero-order chi connectivity index (χ0) is 16.6. The molecule has 0 saturated carbocycles. The van der Waals surface area contributed by atoms with Crippen LogP contribution in [0.3, 0.4) is 0 Å². The van der Waals surface area contributed by atoms with Crippen LogP contribution in [0.5, 0.6) is 0 Å². The Labute approximate surface area is 121 Å². The van der Waals surface area contributed by atoms with Gasteiger partial charge in [-0.15, -0.1) is 0 Å². The molecule has 0 bridgehead atoms. The molecular formula is C14H18O7. The number of carbonyl (C=O) groups excluding carboxylic acids is 1. The topological polar surface area (TPSA) is 121 Å². The number of allylic oxidation sites excluding steroid dienone is 2. The highest BCUT2D eigenvalue weighted by atomic mass is 16.5. The van der Waals surface area contributed by atoms with E-state index in [2.05, 4.69) is 11.3 Å². The standard InChI is InChI=1S/C10H12O5.C4H6O2/c1-6-7(8(12)13)3-2-4-10(6,5-11)9(14)15;1-3-4(5)6-2/h2-4,6,11H,5H2,1H3,(H,12,13)(H,14,15);3H,1H2,2H3. The summed E-state index contributed by atoms with van der Waals surface area (Å²) in [6, 6.07) is 0. The summed E-state index contributed by atoms with van der Waals surface area (Å²) >= 11 is 0. The molecule has 0 spiro atoms. The third kappa shape index (κ3) is 4.28. The first-order valence-corrected chi connectivity index (χ1v) is 5.94. The predicted molar refractivity (Wildman–Crippen MR) is 73.4 cm³/mol. The van der Waals surface area contributed by atoms with E-state index in [1.807, 2.05) is 0 Å². The summed E-state index contributed by atoms with van der Waals surface area (Å²) in [5.74, 6) is -3.54. The molecule has 0 heterocycles. The van der Waals surface area contributed by atoms with Crippen molar-refractivity contribution >= 4 is 17.9 Å². The number of esters is 1. The molecule has 3 N–H and O–H groups in total. The second-order valence-electron chi connectivity index (χ2n) is 4.24. The van der Waals surface area contributed by atoms with Gasteiger partial charge < -0.3 is 20.1 Å². The molecular weight excluding hydrogens is 280 g/mol. The number of hydrogen-bond donors (Lipinski definition) is 3. The van der Waals surface area contributed by atoms with Gasteiger partial charge in [-0.2, -0.15) is 0 Å². The molecule has 116 valence electrons. The van der Waals surface area contributed by atoms with Gasteiger partial charge in [0, 0.05) is 17.6 Å². The third-order valence-corrected chi connectivity index (χ3v) is 3.18. The molecule has 0 fully saturated rings. The van der Waals surface area contributed by atoms with Crippen molar-refractivity contribution in [1.29, 1.82) is 0 Å². The number of carboxylic acid groups (broad SMARTS) is 2. The molecule has 7 nitrogen and oxygen atoms in total. The van der Waals surface area contributed by atoms with Crippen molar-refractivity contribution in [1.82, 2.24) is 0 Å². The molecule has 0 saturated heterocycles. The Balaban J connectivity index is 0.000000567. The van der Waals surface area contributed by atoms with Gasteiger partial charge in [0.15, 0.2) is 0 Å². The number of rotatable bonds is 4.